The zero-order chi connectivity index (χ0) is 18.8. The monoisotopic (exact) mass is 413 g/mol. The summed E-state index contributed by atoms with van der Waals surface area (Å²) in [5.41, 5.74) is 1.49. The van der Waals surface area contributed by atoms with E-state index in [4.69, 9.17) is 39.5 Å². The molecule has 1 aliphatic heterocycles. The average molecular weight is 415 g/mol. The van der Waals surface area contributed by atoms with E-state index in [1.54, 1.807) is 37.4 Å². The van der Waals surface area contributed by atoms with Crippen LogP contribution >= 0.6 is 34.8 Å². The second-order valence-electron chi connectivity index (χ2n) is 6.17. The summed E-state index contributed by atoms with van der Waals surface area (Å²) in [6.07, 6.45) is 1.36. The van der Waals surface area contributed by atoms with Gasteiger partial charge in [-0.05, 0) is 42.7 Å². The smallest absolute Gasteiger partial charge is 0.320 e. The second-order valence-corrected chi connectivity index (χ2v) is 7.39. The summed E-state index contributed by atoms with van der Waals surface area (Å²) in [6.45, 7) is 0.625. The first-order valence-corrected chi connectivity index (χ1v) is 9.33. The number of carbonyl (C=O) groups is 1. The molecule has 1 fully saturated rings. The second kappa shape index (κ2) is 8.05. The molecule has 7 heteroatoms. The molecule has 1 heterocycles. The third-order valence-electron chi connectivity index (χ3n) is 4.67. The number of nitrogens with zero attached hydrogens (tertiary/aromatic N) is 1. The number of rotatable bonds is 5. The number of ether oxygens (including phenoxy) is 1. The highest BCUT2D eigenvalue weighted by Gasteiger charge is 2.38. The molecule has 2 aromatic carbocycles. The van der Waals surface area contributed by atoms with E-state index >= 15 is 0 Å². The molecular formula is C19H18Cl3NO3. The molecule has 0 saturated carbocycles. The highest BCUT2D eigenvalue weighted by molar-refractivity contribution is 6.42. The van der Waals surface area contributed by atoms with Crippen molar-refractivity contribution in [2.24, 2.45) is 0 Å². The van der Waals surface area contributed by atoms with Gasteiger partial charge in [0, 0.05) is 17.1 Å². The maximum Gasteiger partial charge on any atom is 0.320 e. The third kappa shape index (κ3) is 3.65. The fraction of sp³-hybridized carbons (Fsp3) is 0.316. The van der Waals surface area contributed by atoms with Gasteiger partial charge in [0.1, 0.15) is 11.8 Å². The Morgan fingerprint density at radius 3 is 2.69 bits per heavy atom. The predicted octanol–water partition coefficient (Wildman–Crippen LogP) is 5.29. The standard InChI is InChI=1S/C19H18Cl3NO3/c1-26-16-8-7-11(20)10-13(16)18(12-4-2-5-14(21)17(12)22)23-9-3-6-15(23)19(24)25/h2,4-5,7-8,10,15,18H,3,6,9H2,1H3,(H,24,25). The number of hydrogen-bond acceptors (Lipinski definition) is 3. The number of methoxy groups -OCH3 is 1. The molecule has 0 bridgehead atoms. The Bertz CT molecular complexity index is 828. The van der Waals surface area contributed by atoms with Gasteiger partial charge in [-0.3, -0.25) is 9.69 Å². The number of hydrogen-bond donors (Lipinski definition) is 1. The lowest BCUT2D eigenvalue weighted by Gasteiger charge is -2.33. The number of halogens is 3. The Balaban J connectivity index is 2.22. The van der Waals surface area contributed by atoms with Crippen LogP contribution in [0.4, 0.5) is 0 Å². The SMILES string of the molecule is COc1ccc(Cl)cc1C(c1cccc(Cl)c1Cl)N1CCCC1C(=O)O. The van der Waals surface area contributed by atoms with Crippen LogP contribution in [0.1, 0.15) is 30.0 Å². The Kier molecular flexibility index (Phi) is 5.98. The molecule has 0 aliphatic carbocycles. The molecule has 0 radical (unpaired) electrons. The van der Waals surface area contributed by atoms with Crippen molar-refractivity contribution in [2.45, 2.75) is 24.9 Å². The highest BCUT2D eigenvalue weighted by atomic mass is 35.5. The molecule has 3 rings (SSSR count). The van der Waals surface area contributed by atoms with E-state index < -0.39 is 18.1 Å². The number of carboxylic acids is 1. The summed E-state index contributed by atoms with van der Waals surface area (Å²) in [4.78, 5) is 13.7. The molecule has 1 aliphatic rings. The molecule has 2 unspecified atom stereocenters. The van der Waals surface area contributed by atoms with E-state index in [1.807, 2.05) is 11.0 Å². The van der Waals surface area contributed by atoms with Crippen molar-refractivity contribution in [1.29, 1.82) is 0 Å². The van der Waals surface area contributed by atoms with Crippen LogP contribution in [0.25, 0.3) is 0 Å². The lowest BCUT2D eigenvalue weighted by Crippen LogP contribution is -2.39. The molecule has 26 heavy (non-hydrogen) atoms. The normalized spacial score (nSPS) is 18.7. The maximum absolute atomic E-state index is 11.8. The van der Waals surface area contributed by atoms with Crippen LogP contribution in [0, 0.1) is 0 Å². The minimum absolute atomic E-state index is 0.400. The molecular weight excluding hydrogens is 397 g/mol. The van der Waals surface area contributed by atoms with Crippen molar-refractivity contribution in [3.05, 3.63) is 62.6 Å². The van der Waals surface area contributed by atoms with Gasteiger partial charge in [-0.25, -0.2) is 0 Å². The Morgan fingerprint density at radius 1 is 1.23 bits per heavy atom. The van der Waals surface area contributed by atoms with E-state index in [1.165, 1.54) is 0 Å². The summed E-state index contributed by atoms with van der Waals surface area (Å²) in [5.74, 6) is -0.238. The van der Waals surface area contributed by atoms with Crippen molar-refractivity contribution in [1.82, 2.24) is 4.90 Å². The summed E-state index contributed by atoms with van der Waals surface area (Å²) in [6, 6.07) is 9.62. The van der Waals surface area contributed by atoms with Crippen LogP contribution in [0.2, 0.25) is 15.1 Å². The van der Waals surface area contributed by atoms with Crippen LogP contribution in [-0.2, 0) is 4.79 Å². The molecule has 0 aromatic heterocycles. The van der Waals surface area contributed by atoms with Gasteiger partial charge in [0.2, 0.25) is 0 Å². The van der Waals surface area contributed by atoms with Gasteiger partial charge in [-0.1, -0.05) is 46.9 Å². The number of aliphatic carboxylic acids is 1. The summed E-state index contributed by atoms with van der Waals surface area (Å²) in [7, 11) is 1.57. The van der Waals surface area contributed by atoms with Crippen molar-refractivity contribution in [3.63, 3.8) is 0 Å². The molecule has 2 atom stereocenters. The molecule has 1 saturated heterocycles. The minimum Gasteiger partial charge on any atom is -0.496 e. The van der Waals surface area contributed by atoms with E-state index in [2.05, 4.69) is 0 Å². The largest absolute Gasteiger partial charge is 0.496 e. The van der Waals surface area contributed by atoms with Gasteiger partial charge in [-0.2, -0.15) is 0 Å². The zero-order valence-electron chi connectivity index (χ0n) is 14.1. The molecule has 138 valence electrons. The third-order valence-corrected chi connectivity index (χ3v) is 5.74. The van der Waals surface area contributed by atoms with Crippen molar-refractivity contribution in [2.75, 3.05) is 13.7 Å². The van der Waals surface area contributed by atoms with Gasteiger partial charge in [0.05, 0.1) is 23.2 Å². The topological polar surface area (TPSA) is 49.8 Å². The van der Waals surface area contributed by atoms with Gasteiger partial charge in [0.25, 0.3) is 0 Å². The first-order valence-electron chi connectivity index (χ1n) is 8.20. The highest BCUT2D eigenvalue weighted by Crippen LogP contribution is 2.43. The van der Waals surface area contributed by atoms with Gasteiger partial charge >= 0.3 is 5.97 Å². The first kappa shape index (κ1) is 19.3. The predicted molar refractivity (Wildman–Crippen MR) is 104 cm³/mol. The summed E-state index contributed by atoms with van der Waals surface area (Å²) < 4.78 is 5.52. The molecule has 0 amide bonds. The number of likely N-dealkylation sites (tertiary alicyclic amines) is 1. The summed E-state index contributed by atoms with van der Waals surface area (Å²) >= 11 is 19.0. The molecule has 2 aromatic rings. The van der Waals surface area contributed by atoms with Crippen LogP contribution in [0.3, 0.4) is 0 Å². The van der Waals surface area contributed by atoms with Crippen LogP contribution in [-0.4, -0.2) is 35.7 Å². The fourth-order valence-corrected chi connectivity index (χ4v) is 4.13. The van der Waals surface area contributed by atoms with Gasteiger partial charge in [0.15, 0.2) is 0 Å². The Hall–Kier alpha value is -1.46. The van der Waals surface area contributed by atoms with E-state index in [9.17, 15) is 9.90 Å². The van der Waals surface area contributed by atoms with Crippen molar-refractivity contribution in [3.8, 4) is 5.75 Å². The Morgan fingerprint density at radius 2 is 2.00 bits per heavy atom. The first-order chi connectivity index (χ1) is 12.4. The molecule has 0 spiro atoms. The van der Waals surface area contributed by atoms with Crippen LogP contribution in [0.15, 0.2) is 36.4 Å². The van der Waals surface area contributed by atoms with Gasteiger partial charge < -0.3 is 9.84 Å². The number of benzene rings is 2. The number of carboxylic acid groups (broad SMARTS) is 1. The summed E-state index contributed by atoms with van der Waals surface area (Å²) in [5, 5.41) is 11.0. The van der Waals surface area contributed by atoms with E-state index in [0.29, 0.717) is 33.8 Å². The van der Waals surface area contributed by atoms with Crippen molar-refractivity contribution < 1.29 is 14.6 Å². The lowest BCUT2D eigenvalue weighted by molar-refractivity contribution is -0.142. The van der Waals surface area contributed by atoms with Crippen LogP contribution in [0.5, 0.6) is 5.75 Å². The molecule has 4 nitrogen and oxygen atoms in total. The minimum atomic E-state index is -0.855. The van der Waals surface area contributed by atoms with Crippen LogP contribution < -0.4 is 4.74 Å². The van der Waals surface area contributed by atoms with E-state index in [-0.39, 0.29) is 0 Å². The zero-order valence-corrected chi connectivity index (χ0v) is 16.4. The lowest BCUT2D eigenvalue weighted by atomic mass is 9.95. The van der Waals surface area contributed by atoms with E-state index in [0.717, 1.165) is 17.5 Å². The Labute approximate surface area is 167 Å². The average Bonchev–Trinajstić information content (AvgIpc) is 3.09. The quantitative estimate of drug-likeness (QED) is 0.722. The molecule has 1 N–H and O–H groups in total. The fourth-order valence-electron chi connectivity index (χ4n) is 3.54. The maximum atomic E-state index is 11.8. The van der Waals surface area contributed by atoms with Gasteiger partial charge in [-0.15, -0.1) is 0 Å². The van der Waals surface area contributed by atoms with Crippen molar-refractivity contribution >= 4 is 40.8 Å².